The number of H-pyrrole nitrogens is 2. The summed E-state index contributed by atoms with van der Waals surface area (Å²) in [5.41, 5.74) is -1.23. The van der Waals surface area contributed by atoms with Gasteiger partial charge in [-0.2, -0.15) is 0 Å². The number of hydrogen-bond acceptors (Lipinski definition) is 8. The molecule has 0 aliphatic heterocycles. The van der Waals surface area contributed by atoms with Crippen LogP contribution in [0.1, 0.15) is 11.7 Å². The highest BCUT2D eigenvalue weighted by Crippen LogP contribution is 2.34. The van der Waals surface area contributed by atoms with Crippen molar-refractivity contribution in [3.05, 3.63) is 62.7 Å². The zero-order valence-corrected chi connectivity index (χ0v) is 18.4. The fourth-order valence-electron chi connectivity index (χ4n) is 3.27. The van der Waals surface area contributed by atoms with E-state index in [0.717, 1.165) is 24.4 Å². The fraction of sp³-hybridized carbons (Fsp3) is 0.286. The van der Waals surface area contributed by atoms with Gasteiger partial charge in [-0.3, -0.25) is 9.78 Å². The Morgan fingerprint density at radius 1 is 1.14 bits per heavy atom. The molecule has 0 bridgehead atoms. The number of rotatable bonds is 9. The van der Waals surface area contributed by atoms with Gasteiger partial charge in [0.1, 0.15) is 12.3 Å². The van der Waals surface area contributed by atoms with Crippen LogP contribution in [0.15, 0.2) is 40.1 Å². The molecular weight excluding hydrogens is 473 g/mol. The number of alkyl halides is 2. The minimum absolute atomic E-state index is 0.00408. The number of aromatic nitrogens is 6. The summed E-state index contributed by atoms with van der Waals surface area (Å²) in [7, 11) is 2.95. The quantitative estimate of drug-likeness (QED) is 0.339. The number of benzene rings is 1. The van der Waals surface area contributed by atoms with Crippen LogP contribution < -0.4 is 20.7 Å². The summed E-state index contributed by atoms with van der Waals surface area (Å²) in [6.07, 6.45) is -3.69. The van der Waals surface area contributed by atoms with Crippen molar-refractivity contribution in [2.24, 2.45) is 7.05 Å². The van der Waals surface area contributed by atoms with Gasteiger partial charge in [-0.25, -0.2) is 22.6 Å². The van der Waals surface area contributed by atoms with Crippen molar-refractivity contribution in [3.8, 4) is 22.9 Å². The van der Waals surface area contributed by atoms with E-state index in [1.54, 1.807) is 0 Å². The molecule has 0 radical (unpaired) electrons. The molecule has 11 nitrogen and oxygen atoms in total. The summed E-state index contributed by atoms with van der Waals surface area (Å²) in [6, 6.07) is 4.66. The number of fused-ring (bicyclic) bond motifs is 1. The highest BCUT2D eigenvalue weighted by molar-refractivity contribution is 5.84. The Kier molecular flexibility index (Phi) is 6.82. The molecule has 0 spiro atoms. The molecular formula is C21H19F3N6O5. The molecule has 0 saturated carbocycles. The van der Waals surface area contributed by atoms with Crippen molar-refractivity contribution in [3.63, 3.8) is 0 Å². The second-order valence-electron chi connectivity index (χ2n) is 7.29. The monoisotopic (exact) mass is 492 g/mol. The molecule has 3 heterocycles. The molecule has 1 atom stereocenters. The van der Waals surface area contributed by atoms with Crippen LogP contribution >= 0.6 is 0 Å². The molecule has 3 aromatic heterocycles. The highest BCUT2D eigenvalue weighted by Gasteiger charge is 2.28. The van der Waals surface area contributed by atoms with Crippen LogP contribution in [0.4, 0.5) is 13.2 Å². The predicted octanol–water partition coefficient (Wildman–Crippen LogP) is 1.96. The van der Waals surface area contributed by atoms with E-state index in [1.807, 2.05) is 0 Å². The van der Waals surface area contributed by atoms with E-state index in [1.165, 1.54) is 24.9 Å². The molecule has 0 fully saturated rings. The minimum atomic E-state index is -3.01. The number of methoxy groups -OCH3 is 1. The average Bonchev–Trinajstić information content (AvgIpc) is 3.13. The molecule has 2 N–H and O–H groups in total. The second kappa shape index (κ2) is 9.97. The fourth-order valence-corrected chi connectivity index (χ4v) is 3.27. The maximum atomic E-state index is 14.1. The molecule has 0 aliphatic carbocycles. The van der Waals surface area contributed by atoms with Crippen molar-refractivity contribution in [2.45, 2.75) is 12.5 Å². The number of aromatic amines is 2. The lowest BCUT2D eigenvalue weighted by molar-refractivity contribution is 0.00827. The van der Waals surface area contributed by atoms with Crippen LogP contribution in [0.25, 0.3) is 22.3 Å². The Labute approximate surface area is 194 Å². The summed E-state index contributed by atoms with van der Waals surface area (Å²) < 4.78 is 59.1. The standard InChI is InChI=1S/C21H19F3N6O5/c1-30-18-11(8-14(27-28-18)12-9-25-21(32)26-19(12)31)20(29-30)35-16(17(23)24)10-3-4-13(22)15(7-10)34-6-5-33-2/h3-4,7-9,16-17H,5-6H2,1-2H3,(H2,25,26,31,32)/t16-/m1/s1. The normalized spacial score (nSPS) is 12.3. The van der Waals surface area contributed by atoms with Gasteiger partial charge in [0.15, 0.2) is 23.3 Å². The first-order chi connectivity index (χ1) is 16.8. The smallest absolute Gasteiger partial charge is 0.325 e. The third-order valence-electron chi connectivity index (χ3n) is 4.94. The minimum Gasteiger partial charge on any atom is -0.488 e. The number of aryl methyl sites for hydroxylation is 1. The Morgan fingerprint density at radius 2 is 1.94 bits per heavy atom. The van der Waals surface area contributed by atoms with E-state index in [-0.39, 0.29) is 52.7 Å². The SMILES string of the molecule is COCCOc1cc([C@@H](Oc2nn(C)c3nnc(-c4c[nH]c(=O)[nH]c4=O)cc23)C(F)F)ccc1F. The maximum Gasteiger partial charge on any atom is 0.325 e. The molecule has 4 rings (SSSR count). The topological polar surface area (TPSA) is 137 Å². The van der Waals surface area contributed by atoms with E-state index < -0.39 is 29.6 Å². The van der Waals surface area contributed by atoms with Crippen LogP contribution in [-0.2, 0) is 11.8 Å². The summed E-state index contributed by atoms with van der Waals surface area (Å²) >= 11 is 0. The Morgan fingerprint density at radius 3 is 2.66 bits per heavy atom. The lowest BCUT2D eigenvalue weighted by Crippen LogP contribution is -2.22. The molecule has 4 aromatic rings. The lowest BCUT2D eigenvalue weighted by Gasteiger charge is -2.18. The number of nitrogens with zero attached hydrogens (tertiary/aromatic N) is 4. The molecule has 14 heteroatoms. The van der Waals surface area contributed by atoms with Crippen molar-refractivity contribution < 1.29 is 27.4 Å². The van der Waals surface area contributed by atoms with Gasteiger partial charge in [-0.15, -0.1) is 15.3 Å². The van der Waals surface area contributed by atoms with E-state index in [0.29, 0.717) is 0 Å². The molecule has 0 unspecified atom stereocenters. The van der Waals surface area contributed by atoms with Crippen LogP contribution in [0.3, 0.4) is 0 Å². The first kappa shape index (κ1) is 23.9. The van der Waals surface area contributed by atoms with Gasteiger partial charge in [0.2, 0.25) is 5.88 Å². The molecule has 0 saturated heterocycles. The Balaban J connectivity index is 1.72. The number of ether oxygens (including phenoxy) is 3. The molecule has 0 aliphatic rings. The number of nitrogens with one attached hydrogen (secondary N) is 2. The number of halogens is 3. The van der Waals surface area contributed by atoms with Gasteiger partial charge in [-0.1, -0.05) is 6.07 Å². The van der Waals surface area contributed by atoms with E-state index >= 15 is 0 Å². The third-order valence-corrected chi connectivity index (χ3v) is 4.94. The van der Waals surface area contributed by atoms with Gasteiger partial charge < -0.3 is 19.2 Å². The van der Waals surface area contributed by atoms with E-state index in [9.17, 15) is 22.8 Å². The van der Waals surface area contributed by atoms with Crippen molar-refractivity contribution in [2.75, 3.05) is 20.3 Å². The first-order valence-corrected chi connectivity index (χ1v) is 10.2. The number of hydrogen-bond donors (Lipinski definition) is 2. The molecule has 0 amide bonds. The Bertz CT molecular complexity index is 1470. The van der Waals surface area contributed by atoms with Gasteiger partial charge in [-0.05, 0) is 18.2 Å². The summed E-state index contributed by atoms with van der Waals surface area (Å²) in [4.78, 5) is 27.8. The van der Waals surface area contributed by atoms with Crippen LogP contribution in [0, 0.1) is 5.82 Å². The average molecular weight is 492 g/mol. The third kappa shape index (κ3) is 5.01. The summed E-state index contributed by atoms with van der Waals surface area (Å²) in [5, 5.41) is 12.2. The predicted molar refractivity (Wildman–Crippen MR) is 116 cm³/mol. The molecule has 1 aromatic carbocycles. The summed E-state index contributed by atoms with van der Waals surface area (Å²) in [5.74, 6) is -1.17. The van der Waals surface area contributed by atoms with Crippen LogP contribution in [0.2, 0.25) is 0 Å². The van der Waals surface area contributed by atoms with Gasteiger partial charge in [0, 0.05) is 25.9 Å². The van der Waals surface area contributed by atoms with Crippen molar-refractivity contribution in [1.29, 1.82) is 0 Å². The first-order valence-electron chi connectivity index (χ1n) is 10.2. The largest absolute Gasteiger partial charge is 0.488 e. The zero-order valence-electron chi connectivity index (χ0n) is 18.4. The zero-order chi connectivity index (χ0) is 25.1. The molecule has 35 heavy (non-hydrogen) atoms. The van der Waals surface area contributed by atoms with E-state index in [4.69, 9.17) is 14.2 Å². The second-order valence-corrected chi connectivity index (χ2v) is 7.29. The van der Waals surface area contributed by atoms with Crippen molar-refractivity contribution in [1.82, 2.24) is 29.9 Å². The van der Waals surface area contributed by atoms with Gasteiger partial charge in [0.25, 0.3) is 12.0 Å². The molecule has 184 valence electrons. The maximum absolute atomic E-state index is 14.1. The lowest BCUT2D eigenvalue weighted by atomic mass is 10.1. The van der Waals surface area contributed by atoms with Gasteiger partial charge in [0.05, 0.1) is 17.6 Å². The highest BCUT2D eigenvalue weighted by atomic mass is 19.3. The van der Waals surface area contributed by atoms with Crippen LogP contribution in [0.5, 0.6) is 11.6 Å². The van der Waals surface area contributed by atoms with E-state index in [2.05, 4.69) is 25.3 Å². The van der Waals surface area contributed by atoms with Crippen LogP contribution in [-0.4, -0.2) is 56.7 Å². The van der Waals surface area contributed by atoms with Crippen molar-refractivity contribution >= 4 is 11.0 Å². The Hall–Kier alpha value is -4.20. The summed E-state index contributed by atoms with van der Waals surface area (Å²) in [6.45, 7) is 0.202. The van der Waals surface area contributed by atoms with Gasteiger partial charge >= 0.3 is 5.69 Å².